The molecule has 200 valence electrons. The zero-order valence-corrected chi connectivity index (χ0v) is 21.1. The highest BCUT2D eigenvalue weighted by atomic mass is 32.2. The third-order valence-corrected chi connectivity index (χ3v) is 8.72. The van der Waals surface area contributed by atoms with Gasteiger partial charge in [0.15, 0.2) is 0 Å². The van der Waals surface area contributed by atoms with E-state index in [9.17, 15) is 28.7 Å². The van der Waals surface area contributed by atoms with E-state index >= 15 is 0 Å². The average Bonchev–Trinajstić information content (AvgIpc) is 3.74. The Kier molecular flexibility index (Phi) is 7.44. The molecule has 11 heteroatoms. The van der Waals surface area contributed by atoms with Crippen molar-refractivity contribution in [3.8, 4) is 0 Å². The van der Waals surface area contributed by atoms with Crippen LogP contribution in [0.25, 0.3) is 0 Å². The fraction of sp³-hybridized carbons (Fsp3) is 0.615. The van der Waals surface area contributed by atoms with Crippen molar-refractivity contribution in [2.24, 2.45) is 41.4 Å². The van der Waals surface area contributed by atoms with Gasteiger partial charge in [0, 0.05) is 22.5 Å². The van der Waals surface area contributed by atoms with E-state index < -0.39 is 73.2 Å². The number of fused-ring (bicyclic) bond motifs is 1. The highest BCUT2D eigenvalue weighted by Gasteiger charge is 2.72. The van der Waals surface area contributed by atoms with Gasteiger partial charge in [0.05, 0.1) is 29.8 Å². The summed E-state index contributed by atoms with van der Waals surface area (Å²) in [5.41, 5.74) is 0.485. The van der Waals surface area contributed by atoms with E-state index in [-0.39, 0.29) is 17.7 Å². The summed E-state index contributed by atoms with van der Waals surface area (Å²) in [5, 5.41) is 11.0. The standard InChI is InChI=1S/C26H29FO9S/c1-12-8-15(6-7-17(12)27)37-9-16-18(25(31)35-10-33-23(29)13-2-3-13)19-20(22(16)28)21(19)26(32)36-11-34-24(30)14-4-5-14/h6-8,13-14,16,18-22,28H,2-5,9-11H2,1H3/t16-,18+,19-,20+,21+,22+/m0/s1. The quantitative estimate of drug-likeness (QED) is 0.256. The van der Waals surface area contributed by atoms with Crippen molar-refractivity contribution in [1.29, 1.82) is 0 Å². The first-order chi connectivity index (χ1) is 17.8. The van der Waals surface area contributed by atoms with E-state index in [1.807, 2.05) is 0 Å². The number of aryl methyl sites for hydroxylation is 1. The number of hydrogen-bond donors (Lipinski definition) is 1. The second-order valence-electron chi connectivity index (χ2n) is 10.2. The van der Waals surface area contributed by atoms with Crippen molar-refractivity contribution in [2.45, 2.75) is 43.6 Å². The number of ether oxygens (including phenoxy) is 4. The summed E-state index contributed by atoms with van der Waals surface area (Å²) in [7, 11) is 0. The molecule has 0 bridgehead atoms. The van der Waals surface area contributed by atoms with Crippen LogP contribution >= 0.6 is 11.8 Å². The SMILES string of the molecule is Cc1cc(SC[C@@H]2[C@@H](O)[C@H]3[C@H](C(=O)OCOC(=O)C4CC4)[C@H]3[C@@H]2C(=O)OCOC(=O)C2CC2)ccc1F. The van der Waals surface area contributed by atoms with Crippen molar-refractivity contribution in [1.82, 2.24) is 0 Å². The van der Waals surface area contributed by atoms with Crippen molar-refractivity contribution in [3.63, 3.8) is 0 Å². The molecule has 0 aromatic heterocycles. The van der Waals surface area contributed by atoms with E-state index in [4.69, 9.17) is 18.9 Å². The van der Waals surface area contributed by atoms with Gasteiger partial charge in [-0.25, -0.2) is 4.39 Å². The Morgan fingerprint density at radius 2 is 1.41 bits per heavy atom. The van der Waals surface area contributed by atoms with E-state index in [2.05, 4.69) is 0 Å². The van der Waals surface area contributed by atoms with Gasteiger partial charge in [-0.1, -0.05) is 0 Å². The Morgan fingerprint density at radius 1 is 0.865 bits per heavy atom. The third-order valence-electron chi connectivity index (χ3n) is 7.58. The number of benzene rings is 1. The van der Waals surface area contributed by atoms with Gasteiger partial charge < -0.3 is 24.1 Å². The zero-order valence-electron chi connectivity index (χ0n) is 20.3. The van der Waals surface area contributed by atoms with Crippen molar-refractivity contribution in [2.75, 3.05) is 19.3 Å². The molecule has 6 atom stereocenters. The highest BCUT2D eigenvalue weighted by Crippen LogP contribution is 2.64. The molecule has 4 fully saturated rings. The predicted molar refractivity (Wildman–Crippen MR) is 125 cm³/mol. The minimum absolute atomic E-state index is 0.128. The molecule has 0 spiro atoms. The second kappa shape index (κ2) is 10.6. The van der Waals surface area contributed by atoms with Crippen LogP contribution in [-0.4, -0.2) is 54.4 Å². The number of halogens is 1. The molecule has 5 rings (SSSR count). The molecule has 9 nitrogen and oxygen atoms in total. The number of esters is 4. The normalized spacial score (nSPS) is 29.7. The lowest BCUT2D eigenvalue weighted by molar-refractivity contribution is -0.173. The van der Waals surface area contributed by atoms with Gasteiger partial charge in [0.25, 0.3) is 0 Å². The number of aliphatic hydroxyl groups is 1. The maximum absolute atomic E-state index is 13.6. The average molecular weight is 537 g/mol. The number of carbonyl (C=O) groups excluding carboxylic acids is 4. The van der Waals surface area contributed by atoms with Crippen LogP contribution in [0.1, 0.15) is 31.2 Å². The molecule has 4 aliphatic rings. The summed E-state index contributed by atoms with van der Waals surface area (Å²) >= 11 is 1.37. The molecule has 0 unspecified atom stereocenters. The summed E-state index contributed by atoms with van der Waals surface area (Å²) in [5.74, 6) is -5.46. The molecular formula is C26H29FO9S. The minimum Gasteiger partial charge on any atom is -0.428 e. The first-order valence-corrected chi connectivity index (χ1v) is 13.5. The molecule has 4 saturated carbocycles. The smallest absolute Gasteiger partial charge is 0.312 e. The molecule has 0 saturated heterocycles. The Balaban J connectivity index is 1.21. The van der Waals surface area contributed by atoms with Gasteiger partial charge in [0.1, 0.15) is 5.82 Å². The van der Waals surface area contributed by atoms with Crippen LogP contribution in [-0.2, 0) is 38.1 Å². The first kappa shape index (κ1) is 26.0. The minimum atomic E-state index is -0.975. The summed E-state index contributed by atoms with van der Waals surface area (Å²) in [6.45, 7) is 0.622. The Labute approximate surface area is 217 Å². The number of aliphatic hydroxyl groups excluding tert-OH is 1. The van der Waals surface area contributed by atoms with Gasteiger partial charge in [-0.2, -0.15) is 0 Å². The molecule has 4 aliphatic carbocycles. The molecule has 0 radical (unpaired) electrons. The number of rotatable bonds is 11. The lowest BCUT2D eigenvalue weighted by Crippen LogP contribution is -2.36. The van der Waals surface area contributed by atoms with E-state index in [0.717, 1.165) is 30.6 Å². The van der Waals surface area contributed by atoms with Crippen LogP contribution in [0.4, 0.5) is 4.39 Å². The van der Waals surface area contributed by atoms with Crippen LogP contribution < -0.4 is 0 Å². The predicted octanol–water partition coefficient (Wildman–Crippen LogP) is 2.60. The summed E-state index contributed by atoms with van der Waals surface area (Å²) in [6, 6.07) is 4.68. The molecule has 0 heterocycles. The molecule has 1 aromatic rings. The molecule has 1 aromatic carbocycles. The highest BCUT2D eigenvalue weighted by molar-refractivity contribution is 7.99. The lowest BCUT2D eigenvalue weighted by atomic mass is 9.88. The molecule has 1 N–H and O–H groups in total. The summed E-state index contributed by atoms with van der Waals surface area (Å²) < 4.78 is 33.9. The van der Waals surface area contributed by atoms with E-state index in [1.165, 1.54) is 17.8 Å². The van der Waals surface area contributed by atoms with Crippen molar-refractivity contribution in [3.05, 3.63) is 29.6 Å². The van der Waals surface area contributed by atoms with Gasteiger partial charge in [-0.15, -0.1) is 11.8 Å². The number of thioether (sulfide) groups is 1. The molecular weight excluding hydrogens is 507 g/mol. The van der Waals surface area contributed by atoms with Crippen molar-refractivity contribution < 1.29 is 47.6 Å². The fourth-order valence-corrected chi connectivity index (χ4v) is 6.36. The van der Waals surface area contributed by atoms with Gasteiger partial charge >= 0.3 is 23.9 Å². The van der Waals surface area contributed by atoms with Gasteiger partial charge in [-0.3, -0.25) is 19.2 Å². The summed E-state index contributed by atoms with van der Waals surface area (Å²) in [6.07, 6.45) is 2.07. The maximum atomic E-state index is 13.6. The topological polar surface area (TPSA) is 125 Å². The fourth-order valence-electron chi connectivity index (χ4n) is 5.15. The molecule has 0 aliphatic heterocycles. The van der Waals surface area contributed by atoms with Crippen molar-refractivity contribution >= 4 is 35.6 Å². The number of hydrogen-bond acceptors (Lipinski definition) is 10. The van der Waals surface area contributed by atoms with Gasteiger partial charge in [-0.05, 0) is 62.3 Å². The molecule has 37 heavy (non-hydrogen) atoms. The Bertz CT molecular complexity index is 1090. The summed E-state index contributed by atoms with van der Waals surface area (Å²) in [4.78, 5) is 49.9. The third kappa shape index (κ3) is 5.77. The first-order valence-electron chi connectivity index (χ1n) is 12.5. The van der Waals surface area contributed by atoms with Crippen LogP contribution in [0.2, 0.25) is 0 Å². The Morgan fingerprint density at radius 3 is 1.95 bits per heavy atom. The van der Waals surface area contributed by atoms with Crippen LogP contribution in [0.15, 0.2) is 23.1 Å². The lowest BCUT2D eigenvalue weighted by Gasteiger charge is -2.25. The van der Waals surface area contributed by atoms with Crippen LogP contribution in [0, 0.1) is 54.2 Å². The zero-order chi connectivity index (χ0) is 26.3. The van der Waals surface area contributed by atoms with Gasteiger partial charge in [0.2, 0.25) is 13.6 Å². The van der Waals surface area contributed by atoms with Crippen LogP contribution in [0.3, 0.4) is 0 Å². The maximum Gasteiger partial charge on any atom is 0.312 e. The monoisotopic (exact) mass is 536 g/mol. The largest absolute Gasteiger partial charge is 0.428 e. The second-order valence-corrected chi connectivity index (χ2v) is 11.3. The molecule has 0 amide bonds. The van der Waals surface area contributed by atoms with Crippen LogP contribution in [0.5, 0.6) is 0 Å². The Hall–Kier alpha value is -2.66. The van der Waals surface area contributed by atoms with E-state index in [1.54, 1.807) is 19.1 Å². The number of carbonyl (C=O) groups is 4. The van der Waals surface area contributed by atoms with E-state index in [0.29, 0.717) is 11.3 Å².